The molecule has 3 rings (SSSR count). The summed E-state index contributed by atoms with van der Waals surface area (Å²) in [6, 6.07) is 8.13. The van der Waals surface area contributed by atoms with Gasteiger partial charge in [0.25, 0.3) is 0 Å². The highest BCUT2D eigenvalue weighted by atomic mass is 16.2. The number of likely N-dealkylation sites (tertiary alicyclic amines) is 1. The molecule has 2 aromatic rings. The zero-order valence-electron chi connectivity index (χ0n) is 12.6. The number of amides is 2. The summed E-state index contributed by atoms with van der Waals surface area (Å²) in [7, 11) is 0. The number of nitrogens with one attached hydrogen (secondary N) is 2. The minimum absolute atomic E-state index is 0.0740. The summed E-state index contributed by atoms with van der Waals surface area (Å²) in [5, 5.41) is 4.10. The number of H-pyrrole nitrogens is 1. The van der Waals surface area contributed by atoms with Gasteiger partial charge in [0, 0.05) is 36.6 Å². The molecule has 0 bridgehead atoms. The first-order valence-corrected chi connectivity index (χ1v) is 7.83. The molecule has 2 heterocycles. The monoisotopic (exact) mass is 299 g/mol. The van der Waals surface area contributed by atoms with Crippen molar-refractivity contribution >= 4 is 22.7 Å². The lowest BCUT2D eigenvalue weighted by Gasteiger charge is -2.25. The standard InChI is InChI=1S/C17H21N3O2/c21-16(12-20-10-4-3-7-17(20)22)18-9-8-13-11-19-15-6-2-1-5-14(13)15/h1-2,5-6,11,19H,3-4,7-10,12H2,(H,18,21). The molecule has 0 saturated carbocycles. The van der Waals surface area contributed by atoms with E-state index in [0.29, 0.717) is 19.5 Å². The lowest BCUT2D eigenvalue weighted by molar-refractivity contribution is -0.137. The normalized spacial score (nSPS) is 15.3. The molecule has 0 unspecified atom stereocenters. The van der Waals surface area contributed by atoms with Crippen molar-refractivity contribution < 1.29 is 9.59 Å². The molecule has 116 valence electrons. The van der Waals surface area contributed by atoms with Crippen LogP contribution in [0.25, 0.3) is 10.9 Å². The molecule has 2 N–H and O–H groups in total. The van der Waals surface area contributed by atoms with E-state index < -0.39 is 0 Å². The maximum Gasteiger partial charge on any atom is 0.239 e. The molecule has 0 atom stereocenters. The summed E-state index contributed by atoms with van der Waals surface area (Å²) >= 11 is 0. The molecule has 1 aromatic carbocycles. The zero-order valence-corrected chi connectivity index (χ0v) is 12.6. The Bertz CT molecular complexity index is 677. The average molecular weight is 299 g/mol. The highest BCUT2D eigenvalue weighted by Gasteiger charge is 2.20. The van der Waals surface area contributed by atoms with Gasteiger partial charge in [-0.1, -0.05) is 18.2 Å². The number of carbonyl (C=O) groups is 2. The van der Waals surface area contributed by atoms with Gasteiger partial charge >= 0.3 is 0 Å². The Labute approximate surface area is 129 Å². The third-order valence-electron chi connectivity index (χ3n) is 4.15. The van der Waals surface area contributed by atoms with E-state index in [1.165, 1.54) is 10.9 Å². The third kappa shape index (κ3) is 3.30. The Morgan fingerprint density at radius 3 is 3.00 bits per heavy atom. The summed E-state index contributed by atoms with van der Waals surface area (Å²) in [5.74, 6) is 0.0214. The van der Waals surface area contributed by atoms with E-state index in [0.717, 1.165) is 24.8 Å². The van der Waals surface area contributed by atoms with Gasteiger partial charge in [0.1, 0.15) is 0 Å². The predicted molar refractivity (Wildman–Crippen MR) is 85.4 cm³/mol. The van der Waals surface area contributed by atoms with Crippen LogP contribution in [0.3, 0.4) is 0 Å². The van der Waals surface area contributed by atoms with E-state index in [1.54, 1.807) is 4.90 Å². The summed E-state index contributed by atoms with van der Waals surface area (Å²) in [6.45, 7) is 1.48. The van der Waals surface area contributed by atoms with E-state index in [4.69, 9.17) is 0 Å². The number of aromatic amines is 1. The molecular formula is C17H21N3O2. The van der Waals surface area contributed by atoms with Gasteiger partial charge in [-0.3, -0.25) is 9.59 Å². The Hall–Kier alpha value is -2.30. The fourth-order valence-corrected chi connectivity index (χ4v) is 2.93. The van der Waals surface area contributed by atoms with E-state index in [1.807, 2.05) is 24.4 Å². The number of para-hydroxylation sites is 1. The molecule has 1 fully saturated rings. The van der Waals surface area contributed by atoms with E-state index >= 15 is 0 Å². The van der Waals surface area contributed by atoms with Crippen molar-refractivity contribution in [3.63, 3.8) is 0 Å². The van der Waals surface area contributed by atoms with Crippen LogP contribution in [-0.4, -0.2) is 41.3 Å². The van der Waals surface area contributed by atoms with Gasteiger partial charge in [-0.15, -0.1) is 0 Å². The van der Waals surface area contributed by atoms with Crippen molar-refractivity contribution in [2.24, 2.45) is 0 Å². The second-order valence-electron chi connectivity index (χ2n) is 5.73. The van der Waals surface area contributed by atoms with Crippen LogP contribution in [0.1, 0.15) is 24.8 Å². The number of fused-ring (bicyclic) bond motifs is 1. The molecule has 22 heavy (non-hydrogen) atoms. The van der Waals surface area contributed by atoms with Crippen molar-refractivity contribution in [2.75, 3.05) is 19.6 Å². The molecule has 0 radical (unpaired) electrons. The van der Waals surface area contributed by atoms with E-state index in [-0.39, 0.29) is 18.4 Å². The zero-order chi connectivity index (χ0) is 15.4. The number of piperidine rings is 1. The maximum absolute atomic E-state index is 11.9. The van der Waals surface area contributed by atoms with Crippen molar-refractivity contribution in [3.8, 4) is 0 Å². The molecule has 5 nitrogen and oxygen atoms in total. The van der Waals surface area contributed by atoms with Gasteiger partial charge in [0.2, 0.25) is 11.8 Å². The van der Waals surface area contributed by atoms with Crippen LogP contribution < -0.4 is 5.32 Å². The van der Waals surface area contributed by atoms with Crippen LogP contribution in [-0.2, 0) is 16.0 Å². The largest absolute Gasteiger partial charge is 0.361 e. The average Bonchev–Trinajstić information content (AvgIpc) is 2.93. The van der Waals surface area contributed by atoms with Crippen molar-refractivity contribution in [3.05, 3.63) is 36.0 Å². The fourth-order valence-electron chi connectivity index (χ4n) is 2.93. The Morgan fingerprint density at radius 2 is 2.14 bits per heavy atom. The van der Waals surface area contributed by atoms with Crippen LogP contribution >= 0.6 is 0 Å². The second-order valence-corrected chi connectivity index (χ2v) is 5.73. The van der Waals surface area contributed by atoms with Gasteiger partial charge in [-0.2, -0.15) is 0 Å². The second kappa shape index (κ2) is 6.64. The number of hydrogen-bond donors (Lipinski definition) is 2. The number of aromatic nitrogens is 1. The van der Waals surface area contributed by atoms with Crippen molar-refractivity contribution in [2.45, 2.75) is 25.7 Å². The topological polar surface area (TPSA) is 65.2 Å². The molecule has 1 aliphatic heterocycles. The van der Waals surface area contributed by atoms with Crippen LogP contribution in [0, 0.1) is 0 Å². The number of carbonyl (C=O) groups excluding carboxylic acids is 2. The maximum atomic E-state index is 11.9. The minimum atomic E-state index is -0.0740. The first-order valence-electron chi connectivity index (χ1n) is 7.83. The predicted octanol–water partition coefficient (Wildman–Crippen LogP) is 1.84. The molecule has 1 aliphatic rings. The van der Waals surface area contributed by atoms with E-state index in [9.17, 15) is 9.59 Å². The summed E-state index contributed by atoms with van der Waals surface area (Å²) in [5.41, 5.74) is 2.31. The summed E-state index contributed by atoms with van der Waals surface area (Å²) in [4.78, 5) is 28.5. The van der Waals surface area contributed by atoms with Crippen molar-refractivity contribution in [1.82, 2.24) is 15.2 Å². The van der Waals surface area contributed by atoms with Gasteiger partial charge in [-0.05, 0) is 30.9 Å². The highest BCUT2D eigenvalue weighted by molar-refractivity contribution is 5.85. The Balaban J connectivity index is 1.48. The molecule has 0 spiro atoms. The molecule has 0 aliphatic carbocycles. The first kappa shape index (κ1) is 14.6. The summed E-state index contributed by atoms with van der Waals surface area (Å²) < 4.78 is 0. The SMILES string of the molecule is O=C(CN1CCCCC1=O)NCCc1c[nH]c2ccccc12. The molecule has 2 amide bonds. The molecule has 5 heteroatoms. The van der Waals surface area contributed by atoms with Crippen LogP contribution in [0.5, 0.6) is 0 Å². The number of hydrogen-bond acceptors (Lipinski definition) is 2. The third-order valence-corrected chi connectivity index (χ3v) is 4.15. The van der Waals surface area contributed by atoms with Gasteiger partial charge in [-0.25, -0.2) is 0 Å². The molecule has 1 saturated heterocycles. The number of benzene rings is 1. The number of nitrogens with zero attached hydrogens (tertiary/aromatic N) is 1. The Kier molecular flexibility index (Phi) is 4.42. The quantitative estimate of drug-likeness (QED) is 0.885. The van der Waals surface area contributed by atoms with Crippen molar-refractivity contribution in [1.29, 1.82) is 0 Å². The minimum Gasteiger partial charge on any atom is -0.361 e. The van der Waals surface area contributed by atoms with Crippen LogP contribution in [0.2, 0.25) is 0 Å². The first-order chi connectivity index (χ1) is 10.7. The lowest BCUT2D eigenvalue weighted by atomic mass is 10.1. The fraction of sp³-hybridized carbons (Fsp3) is 0.412. The Morgan fingerprint density at radius 1 is 1.27 bits per heavy atom. The van der Waals surface area contributed by atoms with E-state index in [2.05, 4.69) is 16.4 Å². The lowest BCUT2D eigenvalue weighted by Crippen LogP contribution is -2.43. The molecule has 1 aromatic heterocycles. The smallest absolute Gasteiger partial charge is 0.239 e. The highest BCUT2D eigenvalue weighted by Crippen LogP contribution is 2.17. The van der Waals surface area contributed by atoms with Gasteiger partial charge in [0.05, 0.1) is 6.54 Å². The molecular weight excluding hydrogens is 278 g/mol. The number of rotatable bonds is 5. The van der Waals surface area contributed by atoms with Gasteiger partial charge in [0.15, 0.2) is 0 Å². The van der Waals surface area contributed by atoms with Crippen LogP contribution in [0.15, 0.2) is 30.5 Å². The summed E-state index contributed by atoms with van der Waals surface area (Å²) in [6.07, 6.45) is 5.28. The van der Waals surface area contributed by atoms with Crippen LogP contribution in [0.4, 0.5) is 0 Å². The van der Waals surface area contributed by atoms with Gasteiger partial charge < -0.3 is 15.2 Å².